The zero-order valence-electron chi connectivity index (χ0n) is 21.3. The quantitative estimate of drug-likeness (QED) is 0.139. The van der Waals surface area contributed by atoms with Gasteiger partial charge in [-0.15, -0.1) is 5.10 Å². The van der Waals surface area contributed by atoms with Crippen LogP contribution in [0.25, 0.3) is 4.85 Å². The van der Waals surface area contributed by atoms with Crippen LogP contribution in [0.15, 0.2) is 91.1 Å². The van der Waals surface area contributed by atoms with Gasteiger partial charge in [0.2, 0.25) is 11.6 Å². The fraction of sp³-hybridized carbons (Fsp3) is 0.103. The molecule has 0 saturated heterocycles. The number of alkyl halides is 2. The Kier molecular flexibility index (Phi) is 7.47. The van der Waals surface area contributed by atoms with E-state index in [1.54, 1.807) is 18.2 Å². The van der Waals surface area contributed by atoms with Crippen LogP contribution in [-0.2, 0) is 18.1 Å². The maximum absolute atomic E-state index is 16.3. The fourth-order valence-corrected chi connectivity index (χ4v) is 4.15. The zero-order chi connectivity index (χ0) is 29.9. The van der Waals surface area contributed by atoms with Gasteiger partial charge in [-0.05, 0) is 46.8 Å². The van der Waals surface area contributed by atoms with Crippen LogP contribution in [0.2, 0.25) is 0 Å². The number of rotatable bonds is 9. The third-order valence-electron chi connectivity index (χ3n) is 6.31. The predicted molar refractivity (Wildman–Crippen MR) is 139 cm³/mol. The van der Waals surface area contributed by atoms with Crippen LogP contribution in [0.3, 0.4) is 0 Å². The lowest BCUT2D eigenvalue weighted by Gasteiger charge is -2.36. The number of aromatic nitrogens is 5. The molecule has 3 aromatic carbocycles. The summed E-state index contributed by atoms with van der Waals surface area (Å²) in [6, 6.07) is 17.5. The topological polar surface area (TPSA) is 107 Å². The summed E-state index contributed by atoms with van der Waals surface area (Å²) in [5.41, 5.74) is -4.92. The monoisotopic (exact) mass is 574 g/mol. The van der Waals surface area contributed by atoms with Gasteiger partial charge in [0.25, 0.3) is 0 Å². The summed E-state index contributed by atoms with van der Waals surface area (Å²) in [4.78, 5) is 20.0. The summed E-state index contributed by atoms with van der Waals surface area (Å²) < 4.78 is 67.4. The molecule has 1 unspecified atom stereocenters. The number of halogens is 4. The van der Waals surface area contributed by atoms with Gasteiger partial charge < -0.3 is 9.84 Å². The molecule has 42 heavy (non-hydrogen) atoms. The molecule has 9 nitrogen and oxygen atoms in total. The molecular formula is C29H18F4N6O3. The first-order valence-corrected chi connectivity index (χ1v) is 12.2. The van der Waals surface area contributed by atoms with Crippen molar-refractivity contribution in [2.45, 2.75) is 18.1 Å². The molecule has 0 fully saturated rings. The Labute approximate surface area is 235 Å². The van der Waals surface area contributed by atoms with Crippen LogP contribution < -0.4 is 4.74 Å². The Morgan fingerprint density at radius 1 is 0.976 bits per heavy atom. The highest BCUT2D eigenvalue weighted by Gasteiger charge is 2.58. The van der Waals surface area contributed by atoms with Crippen molar-refractivity contribution in [2.24, 2.45) is 0 Å². The average Bonchev–Trinajstić information content (AvgIpc) is 3.45. The maximum Gasteiger partial charge on any atom is 0.323 e. The number of carbonyl (C=O) groups is 1. The number of aliphatic hydroxyl groups is 1. The molecule has 0 aliphatic heterocycles. The van der Waals surface area contributed by atoms with Gasteiger partial charge in [-0.2, -0.15) is 8.78 Å². The smallest absolute Gasteiger partial charge is 0.323 e. The minimum absolute atomic E-state index is 0.0536. The summed E-state index contributed by atoms with van der Waals surface area (Å²) in [7, 11) is 0. The molecule has 5 rings (SSSR count). The number of ketones is 1. The minimum Gasteiger partial charge on any atom is -0.456 e. The zero-order valence-corrected chi connectivity index (χ0v) is 21.3. The standard InChI is InChI=1S/C29H18F4N6O3/c1-34-20-8-10-21(11-9-20)42-22-12-14-25(35-16-22)29(32,33)28(41,23-13-7-19(30)15-24(23)31)17-39-27(36-37-38-39)26(40)18-5-3-2-4-6-18/h2-16,41H,17H2. The van der Waals surface area contributed by atoms with Crippen molar-refractivity contribution >= 4 is 11.5 Å². The van der Waals surface area contributed by atoms with Crippen molar-refractivity contribution in [3.05, 3.63) is 137 Å². The number of tetrazole rings is 1. The molecular weight excluding hydrogens is 556 g/mol. The van der Waals surface area contributed by atoms with Gasteiger partial charge in [0.1, 0.15) is 28.8 Å². The van der Waals surface area contributed by atoms with Crippen molar-refractivity contribution in [3.8, 4) is 11.5 Å². The van der Waals surface area contributed by atoms with Crippen molar-refractivity contribution in [1.82, 2.24) is 25.2 Å². The van der Waals surface area contributed by atoms with Crippen LogP contribution in [0.1, 0.15) is 27.4 Å². The third kappa shape index (κ3) is 5.30. The molecule has 210 valence electrons. The highest BCUT2D eigenvalue weighted by molar-refractivity contribution is 6.06. The third-order valence-corrected chi connectivity index (χ3v) is 6.31. The number of ether oxygens (including phenoxy) is 1. The molecule has 0 aliphatic carbocycles. The Morgan fingerprint density at radius 2 is 1.69 bits per heavy atom. The maximum atomic E-state index is 16.3. The van der Waals surface area contributed by atoms with Crippen LogP contribution >= 0.6 is 0 Å². The van der Waals surface area contributed by atoms with Gasteiger partial charge in [-0.1, -0.05) is 42.5 Å². The van der Waals surface area contributed by atoms with E-state index in [1.807, 2.05) is 0 Å². The molecule has 1 atom stereocenters. The van der Waals surface area contributed by atoms with Gasteiger partial charge in [-0.3, -0.25) is 9.78 Å². The van der Waals surface area contributed by atoms with Gasteiger partial charge in [0, 0.05) is 17.2 Å². The van der Waals surface area contributed by atoms with E-state index in [4.69, 9.17) is 11.3 Å². The summed E-state index contributed by atoms with van der Waals surface area (Å²) in [6.45, 7) is 5.79. The van der Waals surface area contributed by atoms with E-state index in [1.165, 1.54) is 36.4 Å². The molecule has 0 aliphatic rings. The van der Waals surface area contributed by atoms with Crippen molar-refractivity contribution < 1.29 is 32.2 Å². The second-order valence-corrected chi connectivity index (χ2v) is 9.00. The lowest BCUT2D eigenvalue weighted by Crippen LogP contribution is -2.48. The molecule has 0 bridgehead atoms. The molecule has 2 heterocycles. The first-order valence-electron chi connectivity index (χ1n) is 12.2. The Morgan fingerprint density at radius 3 is 2.33 bits per heavy atom. The van der Waals surface area contributed by atoms with Crippen LogP contribution in [0, 0.1) is 18.2 Å². The molecule has 0 radical (unpaired) electrons. The van der Waals surface area contributed by atoms with Gasteiger partial charge in [-0.25, -0.2) is 18.3 Å². The number of benzene rings is 3. The van der Waals surface area contributed by atoms with Crippen LogP contribution in [0.5, 0.6) is 11.5 Å². The van der Waals surface area contributed by atoms with Crippen LogP contribution in [-0.4, -0.2) is 36.1 Å². The van der Waals surface area contributed by atoms with Crippen molar-refractivity contribution in [1.29, 1.82) is 0 Å². The number of carbonyl (C=O) groups excluding carboxylic acids is 1. The SMILES string of the molecule is [C-]#[N+]c1ccc(Oc2ccc(C(F)(F)C(O)(Cn3nnnc3C(=O)c3ccccc3)c3ccc(F)cc3F)nc2)cc1. The largest absolute Gasteiger partial charge is 0.456 e. The Bertz CT molecular complexity index is 1770. The normalized spacial score (nSPS) is 12.8. The first-order chi connectivity index (χ1) is 20.1. The van der Waals surface area contributed by atoms with Gasteiger partial charge >= 0.3 is 5.92 Å². The second-order valence-electron chi connectivity index (χ2n) is 9.00. The molecule has 1 N–H and O–H groups in total. The van der Waals surface area contributed by atoms with Gasteiger partial charge in [0.15, 0.2) is 11.3 Å². The van der Waals surface area contributed by atoms with Crippen LogP contribution in [0.4, 0.5) is 23.2 Å². The molecule has 2 aromatic heterocycles. The molecule has 0 amide bonds. The van der Waals surface area contributed by atoms with E-state index in [0.717, 1.165) is 18.3 Å². The second kappa shape index (κ2) is 11.2. The lowest BCUT2D eigenvalue weighted by atomic mass is 9.84. The number of hydrogen-bond donors (Lipinski definition) is 1. The molecule has 0 spiro atoms. The lowest BCUT2D eigenvalue weighted by molar-refractivity contribution is -0.207. The minimum atomic E-state index is -4.35. The summed E-state index contributed by atoms with van der Waals surface area (Å²) in [6.07, 6.45) is 0.967. The summed E-state index contributed by atoms with van der Waals surface area (Å²) >= 11 is 0. The highest BCUT2D eigenvalue weighted by Crippen LogP contribution is 2.47. The Balaban J connectivity index is 1.52. The van der Waals surface area contributed by atoms with E-state index < -0.39 is 52.6 Å². The summed E-state index contributed by atoms with van der Waals surface area (Å²) in [5, 5.41) is 22.2. The Hall–Kier alpha value is -5.48. The van der Waals surface area contributed by atoms with E-state index in [9.17, 15) is 18.7 Å². The molecule has 5 aromatic rings. The fourth-order valence-electron chi connectivity index (χ4n) is 4.15. The van der Waals surface area contributed by atoms with E-state index in [0.29, 0.717) is 34.3 Å². The highest BCUT2D eigenvalue weighted by atomic mass is 19.3. The molecule has 13 heteroatoms. The van der Waals surface area contributed by atoms with Gasteiger partial charge in [0.05, 0.1) is 19.3 Å². The molecule has 0 saturated carbocycles. The predicted octanol–water partition coefficient (Wildman–Crippen LogP) is 5.60. The number of nitrogens with zero attached hydrogens (tertiary/aromatic N) is 6. The first kappa shape index (κ1) is 28.1. The van der Waals surface area contributed by atoms with E-state index >= 15 is 8.78 Å². The van der Waals surface area contributed by atoms with E-state index in [2.05, 4.69) is 25.4 Å². The summed E-state index contributed by atoms with van der Waals surface area (Å²) in [5.74, 6) is -7.76. The van der Waals surface area contributed by atoms with Crippen molar-refractivity contribution in [2.75, 3.05) is 0 Å². The average molecular weight is 574 g/mol. The number of pyridine rings is 1. The van der Waals surface area contributed by atoms with Crippen molar-refractivity contribution in [3.63, 3.8) is 0 Å². The number of hydrogen-bond acceptors (Lipinski definition) is 7. The van der Waals surface area contributed by atoms with E-state index in [-0.39, 0.29) is 11.3 Å².